The molecule has 0 amide bonds. The molecule has 1 N–H and O–H groups in total. The van der Waals surface area contributed by atoms with Crippen LogP contribution in [0, 0.1) is 17.8 Å². The van der Waals surface area contributed by atoms with Crippen LogP contribution in [0.4, 0.5) is 0 Å². The van der Waals surface area contributed by atoms with E-state index in [0.717, 1.165) is 30.0 Å². The molecule has 0 spiro atoms. The van der Waals surface area contributed by atoms with Crippen LogP contribution in [0.3, 0.4) is 0 Å². The summed E-state index contributed by atoms with van der Waals surface area (Å²) in [4.78, 5) is 0. The van der Waals surface area contributed by atoms with Crippen molar-refractivity contribution in [1.82, 2.24) is 5.32 Å². The van der Waals surface area contributed by atoms with Gasteiger partial charge in [-0.2, -0.15) is 0 Å². The van der Waals surface area contributed by atoms with Crippen molar-refractivity contribution in [2.75, 3.05) is 6.79 Å². The van der Waals surface area contributed by atoms with Crippen LogP contribution in [0.15, 0.2) is 12.1 Å². The number of hydrogen-bond acceptors (Lipinski definition) is 3. The molecule has 1 aliphatic heterocycles. The molecule has 0 radical (unpaired) electrons. The molecule has 4 atom stereocenters. The zero-order valence-corrected chi connectivity index (χ0v) is 13.2. The molecule has 1 aromatic rings. The van der Waals surface area contributed by atoms with Gasteiger partial charge in [0.15, 0.2) is 11.5 Å². The van der Waals surface area contributed by atoms with Gasteiger partial charge < -0.3 is 14.8 Å². The second kappa shape index (κ2) is 5.36. The number of nitrogens with one attached hydrogen (secondary N) is 1. The van der Waals surface area contributed by atoms with E-state index in [9.17, 15) is 0 Å². The summed E-state index contributed by atoms with van der Waals surface area (Å²) in [6, 6.07) is 4.59. The van der Waals surface area contributed by atoms with E-state index in [1.54, 1.807) is 0 Å². The van der Waals surface area contributed by atoms with Crippen LogP contribution < -0.4 is 14.8 Å². The van der Waals surface area contributed by atoms with Gasteiger partial charge in [0, 0.05) is 12.6 Å². The van der Waals surface area contributed by atoms with E-state index in [-0.39, 0.29) is 6.79 Å². The Morgan fingerprint density at radius 2 is 2.19 bits per heavy atom. The van der Waals surface area contributed by atoms with Crippen LogP contribution in [0.1, 0.15) is 38.2 Å². The zero-order chi connectivity index (χ0) is 14.4. The second-order valence-corrected chi connectivity index (χ2v) is 7.23. The summed E-state index contributed by atoms with van der Waals surface area (Å²) in [5, 5.41) is 4.34. The van der Waals surface area contributed by atoms with E-state index >= 15 is 0 Å². The second-order valence-electron chi connectivity index (χ2n) is 6.82. The Labute approximate surface area is 131 Å². The van der Waals surface area contributed by atoms with Gasteiger partial charge in [0.1, 0.15) is 0 Å². The van der Waals surface area contributed by atoms with Crippen LogP contribution in [0.5, 0.6) is 11.5 Å². The Morgan fingerprint density at radius 3 is 2.95 bits per heavy atom. The van der Waals surface area contributed by atoms with Crippen molar-refractivity contribution in [2.24, 2.45) is 17.8 Å². The van der Waals surface area contributed by atoms with E-state index in [0.29, 0.717) is 16.8 Å². The Bertz CT molecular complexity index is 548. The smallest absolute Gasteiger partial charge is 0.231 e. The van der Waals surface area contributed by atoms with Crippen LogP contribution in [-0.4, -0.2) is 12.8 Å². The van der Waals surface area contributed by atoms with Crippen molar-refractivity contribution in [3.8, 4) is 11.5 Å². The van der Waals surface area contributed by atoms with Crippen molar-refractivity contribution in [1.29, 1.82) is 0 Å². The number of ether oxygens (including phenoxy) is 2. The minimum atomic E-state index is 0.271. The van der Waals surface area contributed by atoms with E-state index in [1.165, 1.54) is 31.2 Å². The van der Waals surface area contributed by atoms with Crippen LogP contribution in [0.2, 0.25) is 5.02 Å². The standard InChI is InChI=1S/C17H22ClNO2/c1-10(14-5-11-2-3-13(14)4-11)19-8-12-6-15(18)17-16(7-12)20-9-21-17/h6-7,10-11,13-14,19H,2-5,8-9H2,1H3. The predicted molar refractivity (Wildman–Crippen MR) is 82.8 cm³/mol. The van der Waals surface area contributed by atoms with E-state index in [2.05, 4.69) is 12.2 Å². The van der Waals surface area contributed by atoms with Crippen molar-refractivity contribution >= 4 is 11.6 Å². The summed E-state index contributed by atoms with van der Waals surface area (Å²) >= 11 is 6.24. The first kappa shape index (κ1) is 13.7. The summed E-state index contributed by atoms with van der Waals surface area (Å²) in [5.74, 6) is 4.27. The van der Waals surface area contributed by atoms with E-state index in [1.807, 2.05) is 12.1 Å². The first-order chi connectivity index (χ1) is 10.2. The summed E-state index contributed by atoms with van der Waals surface area (Å²) in [6.45, 7) is 3.44. The number of halogens is 1. The minimum absolute atomic E-state index is 0.271. The lowest BCUT2D eigenvalue weighted by atomic mass is 9.84. The molecule has 0 saturated heterocycles. The SMILES string of the molecule is CC(NCc1cc(Cl)c2c(c1)OCO2)C1CC2CCC1C2. The fourth-order valence-corrected chi connectivity index (χ4v) is 4.75. The fourth-order valence-electron chi connectivity index (χ4n) is 4.46. The van der Waals surface area contributed by atoms with Gasteiger partial charge in [-0.1, -0.05) is 18.0 Å². The maximum atomic E-state index is 6.24. The molecule has 0 aromatic heterocycles. The van der Waals surface area contributed by atoms with Crippen molar-refractivity contribution in [2.45, 2.75) is 45.2 Å². The molecule has 1 aromatic carbocycles. The van der Waals surface area contributed by atoms with Gasteiger partial charge in [-0.3, -0.25) is 0 Å². The van der Waals surface area contributed by atoms with Gasteiger partial charge in [-0.05, 0) is 61.6 Å². The molecule has 2 aliphatic carbocycles. The van der Waals surface area contributed by atoms with Crippen molar-refractivity contribution in [3.63, 3.8) is 0 Å². The Balaban J connectivity index is 1.39. The highest BCUT2D eigenvalue weighted by Gasteiger charge is 2.41. The van der Waals surface area contributed by atoms with Gasteiger partial charge in [0.25, 0.3) is 0 Å². The molecular formula is C17H22ClNO2. The fraction of sp³-hybridized carbons (Fsp3) is 0.647. The Hall–Kier alpha value is -0.930. The largest absolute Gasteiger partial charge is 0.454 e. The lowest BCUT2D eigenvalue weighted by Crippen LogP contribution is -2.35. The lowest BCUT2D eigenvalue weighted by molar-refractivity contribution is 0.174. The van der Waals surface area contributed by atoms with Gasteiger partial charge in [0.05, 0.1) is 5.02 Å². The number of rotatable bonds is 4. The Morgan fingerprint density at radius 1 is 1.29 bits per heavy atom. The third-order valence-corrected chi connectivity index (χ3v) is 5.83. The monoisotopic (exact) mass is 307 g/mol. The summed E-state index contributed by atoms with van der Waals surface area (Å²) in [5.41, 5.74) is 1.17. The molecular weight excluding hydrogens is 286 g/mol. The van der Waals surface area contributed by atoms with Gasteiger partial charge >= 0.3 is 0 Å². The normalized spacial score (nSPS) is 30.9. The van der Waals surface area contributed by atoms with E-state index in [4.69, 9.17) is 21.1 Å². The topological polar surface area (TPSA) is 30.5 Å². The molecule has 3 nitrogen and oxygen atoms in total. The quantitative estimate of drug-likeness (QED) is 0.912. The van der Waals surface area contributed by atoms with Crippen LogP contribution in [-0.2, 0) is 6.54 Å². The third-order valence-electron chi connectivity index (χ3n) is 5.55. The maximum absolute atomic E-state index is 6.24. The molecule has 2 bridgehead atoms. The first-order valence-corrected chi connectivity index (χ1v) is 8.40. The van der Waals surface area contributed by atoms with Gasteiger partial charge in [-0.15, -0.1) is 0 Å². The molecule has 2 saturated carbocycles. The summed E-state index contributed by atoms with van der Waals surface area (Å²) < 4.78 is 10.8. The highest BCUT2D eigenvalue weighted by molar-refractivity contribution is 6.32. The first-order valence-electron chi connectivity index (χ1n) is 8.02. The summed E-state index contributed by atoms with van der Waals surface area (Å²) in [7, 11) is 0. The molecule has 1 heterocycles. The zero-order valence-electron chi connectivity index (χ0n) is 12.4. The molecule has 4 heteroatoms. The molecule has 2 fully saturated rings. The molecule has 4 rings (SSSR count). The highest BCUT2D eigenvalue weighted by Crippen LogP contribution is 2.49. The highest BCUT2D eigenvalue weighted by atomic mass is 35.5. The minimum Gasteiger partial charge on any atom is -0.454 e. The van der Waals surface area contributed by atoms with Gasteiger partial charge in [-0.25, -0.2) is 0 Å². The van der Waals surface area contributed by atoms with E-state index < -0.39 is 0 Å². The molecule has 3 aliphatic rings. The molecule has 21 heavy (non-hydrogen) atoms. The lowest BCUT2D eigenvalue weighted by Gasteiger charge is -2.28. The number of benzene rings is 1. The number of hydrogen-bond donors (Lipinski definition) is 1. The van der Waals surface area contributed by atoms with Crippen LogP contribution >= 0.6 is 11.6 Å². The number of fused-ring (bicyclic) bond motifs is 3. The summed E-state index contributed by atoms with van der Waals surface area (Å²) in [6.07, 6.45) is 5.79. The molecule has 4 unspecified atom stereocenters. The average molecular weight is 308 g/mol. The average Bonchev–Trinajstić information content (AvgIpc) is 3.19. The maximum Gasteiger partial charge on any atom is 0.231 e. The van der Waals surface area contributed by atoms with Gasteiger partial charge in [0.2, 0.25) is 6.79 Å². The molecule has 114 valence electrons. The van der Waals surface area contributed by atoms with Crippen LogP contribution in [0.25, 0.3) is 0 Å². The van der Waals surface area contributed by atoms with Crippen molar-refractivity contribution in [3.05, 3.63) is 22.7 Å². The Kier molecular flexibility index (Phi) is 3.50. The van der Waals surface area contributed by atoms with Crippen molar-refractivity contribution < 1.29 is 9.47 Å². The predicted octanol–water partition coefficient (Wildman–Crippen LogP) is 3.98. The third kappa shape index (κ3) is 2.51.